The number of nitrogens with zero attached hydrogens (tertiary/aromatic N) is 1. The standard InChI is InChI=1S/C9H7F3INO2/c1-16-6(15)2-4-7(13)5(8(10)11)3-14-9(4)12/h3,8H,2H2,1H3. The Morgan fingerprint density at radius 2 is 2.25 bits per heavy atom. The van der Waals surface area contributed by atoms with Crippen molar-refractivity contribution in [3.05, 3.63) is 26.8 Å². The molecule has 0 aliphatic rings. The molecule has 1 heterocycles. The molecule has 7 heteroatoms. The number of alkyl halides is 2. The molecule has 1 aromatic heterocycles. The van der Waals surface area contributed by atoms with E-state index in [1.165, 1.54) is 0 Å². The molecule has 0 aliphatic heterocycles. The van der Waals surface area contributed by atoms with Crippen LogP contribution in [0.2, 0.25) is 0 Å². The summed E-state index contributed by atoms with van der Waals surface area (Å²) in [6.45, 7) is 0. The van der Waals surface area contributed by atoms with Crippen LogP contribution in [-0.2, 0) is 16.0 Å². The lowest BCUT2D eigenvalue weighted by molar-refractivity contribution is -0.139. The number of halogens is 4. The van der Waals surface area contributed by atoms with E-state index in [1.54, 1.807) is 22.6 Å². The third-order valence-corrected chi connectivity index (χ3v) is 3.14. The fourth-order valence-electron chi connectivity index (χ4n) is 1.04. The van der Waals surface area contributed by atoms with Crippen molar-refractivity contribution in [1.82, 2.24) is 4.98 Å². The molecular formula is C9H7F3INO2. The summed E-state index contributed by atoms with van der Waals surface area (Å²) in [5.41, 5.74) is -0.550. The van der Waals surface area contributed by atoms with Gasteiger partial charge in [0.25, 0.3) is 6.43 Å². The van der Waals surface area contributed by atoms with Crippen LogP contribution in [0.3, 0.4) is 0 Å². The minimum Gasteiger partial charge on any atom is -0.469 e. The van der Waals surface area contributed by atoms with Gasteiger partial charge in [-0.2, -0.15) is 4.39 Å². The Labute approximate surface area is 103 Å². The number of carbonyl (C=O) groups excluding carboxylic acids is 1. The van der Waals surface area contributed by atoms with Gasteiger partial charge in [0.05, 0.1) is 13.5 Å². The molecule has 0 N–H and O–H groups in total. The van der Waals surface area contributed by atoms with Gasteiger partial charge >= 0.3 is 5.97 Å². The molecule has 0 bridgehead atoms. The average Bonchev–Trinajstić information content (AvgIpc) is 2.23. The summed E-state index contributed by atoms with van der Waals surface area (Å²) in [6.07, 6.45) is -2.40. The van der Waals surface area contributed by atoms with Crippen LogP contribution in [0, 0.1) is 9.52 Å². The predicted molar refractivity (Wildman–Crippen MR) is 57.6 cm³/mol. The molecule has 0 fully saturated rings. The largest absolute Gasteiger partial charge is 0.469 e. The Balaban J connectivity index is 3.16. The van der Waals surface area contributed by atoms with E-state index in [0.29, 0.717) is 0 Å². The predicted octanol–water partition coefficient (Wildman–Crippen LogP) is 2.48. The monoisotopic (exact) mass is 345 g/mol. The first-order chi connectivity index (χ1) is 7.47. The topological polar surface area (TPSA) is 39.2 Å². The molecule has 0 spiro atoms. The second-order valence-electron chi connectivity index (χ2n) is 2.85. The lowest BCUT2D eigenvalue weighted by Crippen LogP contribution is -2.10. The highest BCUT2D eigenvalue weighted by molar-refractivity contribution is 14.1. The van der Waals surface area contributed by atoms with Gasteiger partial charge in [0, 0.05) is 20.9 Å². The van der Waals surface area contributed by atoms with Crippen LogP contribution in [0.15, 0.2) is 6.20 Å². The molecule has 0 saturated carbocycles. The second kappa shape index (κ2) is 5.46. The quantitative estimate of drug-likeness (QED) is 0.480. The van der Waals surface area contributed by atoms with Crippen molar-refractivity contribution < 1.29 is 22.7 Å². The number of carbonyl (C=O) groups is 1. The smallest absolute Gasteiger partial charge is 0.310 e. The van der Waals surface area contributed by atoms with Gasteiger partial charge in [0.1, 0.15) is 0 Å². The maximum Gasteiger partial charge on any atom is 0.310 e. The summed E-state index contributed by atoms with van der Waals surface area (Å²) >= 11 is 1.56. The molecule has 0 aliphatic carbocycles. The van der Waals surface area contributed by atoms with E-state index in [9.17, 15) is 18.0 Å². The van der Waals surface area contributed by atoms with Crippen molar-refractivity contribution in [2.24, 2.45) is 0 Å². The summed E-state index contributed by atoms with van der Waals surface area (Å²) in [4.78, 5) is 14.1. The van der Waals surface area contributed by atoms with Gasteiger partial charge in [-0.15, -0.1) is 0 Å². The highest BCUT2D eigenvalue weighted by Gasteiger charge is 2.20. The van der Waals surface area contributed by atoms with Crippen molar-refractivity contribution in [1.29, 1.82) is 0 Å². The Bertz CT molecular complexity index is 412. The minimum absolute atomic E-state index is 0.00509. The number of esters is 1. The van der Waals surface area contributed by atoms with E-state index in [1.807, 2.05) is 0 Å². The average molecular weight is 345 g/mol. The Morgan fingerprint density at radius 3 is 2.75 bits per heavy atom. The van der Waals surface area contributed by atoms with Crippen LogP contribution in [-0.4, -0.2) is 18.1 Å². The maximum absolute atomic E-state index is 13.2. The molecule has 1 aromatic rings. The van der Waals surface area contributed by atoms with E-state index >= 15 is 0 Å². The molecule has 88 valence electrons. The highest BCUT2D eigenvalue weighted by Crippen LogP contribution is 2.27. The van der Waals surface area contributed by atoms with Gasteiger partial charge in [-0.3, -0.25) is 4.79 Å². The SMILES string of the molecule is COC(=O)Cc1c(F)ncc(C(F)F)c1I. The molecule has 3 nitrogen and oxygen atoms in total. The molecule has 0 aromatic carbocycles. The number of rotatable bonds is 3. The fourth-order valence-corrected chi connectivity index (χ4v) is 1.83. The van der Waals surface area contributed by atoms with E-state index in [0.717, 1.165) is 13.3 Å². The van der Waals surface area contributed by atoms with Crippen LogP contribution in [0.5, 0.6) is 0 Å². The van der Waals surface area contributed by atoms with Gasteiger partial charge in [-0.05, 0) is 22.6 Å². The highest BCUT2D eigenvalue weighted by atomic mass is 127. The first-order valence-electron chi connectivity index (χ1n) is 4.15. The third-order valence-electron chi connectivity index (χ3n) is 1.87. The van der Waals surface area contributed by atoms with Crippen molar-refractivity contribution in [2.45, 2.75) is 12.8 Å². The Kier molecular flexibility index (Phi) is 4.51. The van der Waals surface area contributed by atoms with Crippen LogP contribution >= 0.6 is 22.6 Å². The van der Waals surface area contributed by atoms with Gasteiger partial charge in [0.15, 0.2) is 0 Å². The lowest BCUT2D eigenvalue weighted by atomic mass is 10.1. The van der Waals surface area contributed by atoms with Gasteiger partial charge in [0.2, 0.25) is 5.95 Å². The van der Waals surface area contributed by atoms with Crippen LogP contribution in [0.4, 0.5) is 13.2 Å². The summed E-state index contributed by atoms with van der Waals surface area (Å²) < 4.78 is 42.5. The number of hydrogen-bond acceptors (Lipinski definition) is 3. The number of methoxy groups -OCH3 is 1. The Morgan fingerprint density at radius 1 is 1.62 bits per heavy atom. The molecule has 16 heavy (non-hydrogen) atoms. The summed E-state index contributed by atoms with van der Waals surface area (Å²) in [5.74, 6) is -1.63. The van der Waals surface area contributed by atoms with E-state index in [-0.39, 0.29) is 14.7 Å². The Hall–Kier alpha value is -0.860. The van der Waals surface area contributed by atoms with Crippen molar-refractivity contribution in [2.75, 3.05) is 7.11 Å². The molecule has 1 rings (SSSR count). The van der Waals surface area contributed by atoms with Gasteiger partial charge < -0.3 is 4.74 Å². The van der Waals surface area contributed by atoms with Crippen LogP contribution < -0.4 is 0 Å². The molecule has 0 atom stereocenters. The number of hydrogen-bond donors (Lipinski definition) is 0. The summed E-state index contributed by atoms with van der Waals surface area (Å²) in [7, 11) is 1.14. The van der Waals surface area contributed by atoms with E-state index in [4.69, 9.17) is 0 Å². The normalized spacial score (nSPS) is 10.6. The number of pyridine rings is 1. The van der Waals surface area contributed by atoms with Crippen molar-refractivity contribution in [3.63, 3.8) is 0 Å². The summed E-state index contributed by atoms with van der Waals surface area (Å²) in [6, 6.07) is 0. The second-order valence-corrected chi connectivity index (χ2v) is 3.93. The minimum atomic E-state index is -2.75. The van der Waals surface area contributed by atoms with Crippen LogP contribution in [0.25, 0.3) is 0 Å². The zero-order chi connectivity index (χ0) is 12.3. The molecule has 0 radical (unpaired) electrons. The molecule has 0 amide bonds. The van der Waals surface area contributed by atoms with Gasteiger partial charge in [-0.1, -0.05) is 0 Å². The first-order valence-corrected chi connectivity index (χ1v) is 5.23. The fraction of sp³-hybridized carbons (Fsp3) is 0.333. The maximum atomic E-state index is 13.2. The zero-order valence-corrected chi connectivity index (χ0v) is 10.3. The molecule has 0 unspecified atom stereocenters. The van der Waals surface area contributed by atoms with E-state index < -0.39 is 24.8 Å². The van der Waals surface area contributed by atoms with Crippen LogP contribution in [0.1, 0.15) is 17.6 Å². The summed E-state index contributed by atoms with van der Waals surface area (Å²) in [5, 5.41) is 0. The molecular weight excluding hydrogens is 338 g/mol. The zero-order valence-electron chi connectivity index (χ0n) is 8.14. The van der Waals surface area contributed by atoms with Crippen molar-refractivity contribution in [3.8, 4) is 0 Å². The first kappa shape index (κ1) is 13.2. The number of ether oxygens (including phenoxy) is 1. The van der Waals surface area contributed by atoms with E-state index in [2.05, 4.69) is 9.72 Å². The van der Waals surface area contributed by atoms with Gasteiger partial charge in [-0.25, -0.2) is 13.8 Å². The third kappa shape index (κ3) is 2.83. The lowest BCUT2D eigenvalue weighted by Gasteiger charge is -2.08. The molecule has 0 saturated heterocycles. The van der Waals surface area contributed by atoms with Crippen molar-refractivity contribution >= 4 is 28.6 Å². The number of aromatic nitrogens is 1.